The van der Waals surface area contributed by atoms with Crippen LogP contribution in [0.25, 0.3) is 22.2 Å². The molecule has 2 aromatic carbocycles. The maximum absolute atomic E-state index is 13.9. The molecule has 0 bridgehead atoms. The maximum atomic E-state index is 13.9. The van der Waals surface area contributed by atoms with Crippen LogP contribution < -0.4 is 5.32 Å². The fourth-order valence-electron chi connectivity index (χ4n) is 5.19. The van der Waals surface area contributed by atoms with Crippen molar-refractivity contribution in [1.82, 2.24) is 19.9 Å². The number of aromatic nitrogens is 3. The molecule has 1 atom stereocenters. The molecule has 1 N–H and O–H groups in total. The zero-order chi connectivity index (χ0) is 23.7. The lowest BCUT2D eigenvalue weighted by Gasteiger charge is -2.33. The summed E-state index contributed by atoms with van der Waals surface area (Å²) in [6, 6.07) is 14.5. The number of hydrogen-bond acceptors (Lipinski definition) is 3. The van der Waals surface area contributed by atoms with E-state index in [1.54, 1.807) is 18.5 Å². The number of pyridine rings is 1. The summed E-state index contributed by atoms with van der Waals surface area (Å²) in [5.41, 5.74) is 4.57. The van der Waals surface area contributed by atoms with E-state index in [1.165, 1.54) is 11.6 Å². The van der Waals surface area contributed by atoms with E-state index in [0.29, 0.717) is 17.4 Å². The first-order valence-corrected chi connectivity index (χ1v) is 11.9. The van der Waals surface area contributed by atoms with Gasteiger partial charge >= 0.3 is 0 Å². The van der Waals surface area contributed by atoms with Crippen LogP contribution in [0.15, 0.2) is 67.3 Å². The lowest BCUT2D eigenvalue weighted by atomic mass is 9.75. The van der Waals surface area contributed by atoms with Crippen LogP contribution >= 0.6 is 0 Å². The fourth-order valence-corrected chi connectivity index (χ4v) is 5.19. The van der Waals surface area contributed by atoms with Crippen molar-refractivity contribution in [1.29, 1.82) is 0 Å². The topological polar surface area (TPSA) is 59.8 Å². The van der Waals surface area contributed by atoms with E-state index in [1.807, 2.05) is 54.3 Å². The minimum absolute atomic E-state index is 0.0437. The van der Waals surface area contributed by atoms with Gasteiger partial charge in [0.25, 0.3) is 5.91 Å². The van der Waals surface area contributed by atoms with Crippen molar-refractivity contribution in [3.05, 3.63) is 84.2 Å². The highest BCUT2D eigenvalue weighted by Crippen LogP contribution is 2.39. The van der Waals surface area contributed by atoms with Gasteiger partial charge < -0.3 is 9.88 Å². The number of fused-ring (bicyclic) bond motifs is 1. The average molecular weight is 457 g/mol. The van der Waals surface area contributed by atoms with E-state index in [4.69, 9.17) is 0 Å². The van der Waals surface area contributed by atoms with Gasteiger partial charge in [-0.25, -0.2) is 9.37 Å². The minimum atomic E-state index is -0.222. The summed E-state index contributed by atoms with van der Waals surface area (Å²) in [6.45, 7) is 2.10. The molecule has 6 heteroatoms. The van der Waals surface area contributed by atoms with Crippen LogP contribution in [0.1, 0.15) is 54.4 Å². The second-order valence-electron chi connectivity index (χ2n) is 9.44. The summed E-state index contributed by atoms with van der Waals surface area (Å²) in [6.07, 6.45) is 9.66. The smallest absolute Gasteiger partial charge is 0.251 e. The van der Waals surface area contributed by atoms with Gasteiger partial charge in [0.1, 0.15) is 5.82 Å². The van der Waals surface area contributed by atoms with E-state index < -0.39 is 0 Å². The van der Waals surface area contributed by atoms with Crippen molar-refractivity contribution >= 4 is 16.8 Å². The first kappa shape index (κ1) is 22.3. The highest BCUT2D eigenvalue weighted by atomic mass is 19.1. The monoisotopic (exact) mass is 456 g/mol. The first-order valence-electron chi connectivity index (χ1n) is 11.9. The van der Waals surface area contributed by atoms with Crippen molar-refractivity contribution in [3.8, 4) is 11.3 Å². The number of benzene rings is 2. The number of imidazole rings is 1. The molecule has 5 rings (SSSR count). The number of amides is 1. The van der Waals surface area contributed by atoms with Gasteiger partial charge in [0.15, 0.2) is 0 Å². The maximum Gasteiger partial charge on any atom is 0.251 e. The van der Waals surface area contributed by atoms with E-state index >= 15 is 0 Å². The second kappa shape index (κ2) is 9.37. The molecule has 5 nitrogen and oxygen atoms in total. The first-order chi connectivity index (χ1) is 16.5. The number of aryl methyl sites for hydroxylation is 1. The van der Waals surface area contributed by atoms with Crippen LogP contribution in [0.2, 0.25) is 0 Å². The number of nitrogens with zero attached hydrogens (tertiary/aromatic N) is 3. The van der Waals surface area contributed by atoms with Gasteiger partial charge in [0, 0.05) is 42.0 Å². The molecule has 4 aromatic rings. The standard InChI is InChI=1S/C28H29FN4O/c1-18(32-28(34)22-9-7-21(8-10-22)27-16-33(2)17-31-27)19-3-5-20(6-4-19)24-13-14-30-26-12-11-23(29)15-25(24)26/h7-20H,3-6H2,1-2H3,(H,32,34)/t18-,19-,20-/m1/s1. The Morgan fingerprint density at radius 3 is 2.53 bits per heavy atom. The molecule has 1 aliphatic carbocycles. The number of nitrogens with one attached hydrogen (secondary N) is 1. The third kappa shape index (κ3) is 4.58. The Morgan fingerprint density at radius 2 is 1.82 bits per heavy atom. The second-order valence-corrected chi connectivity index (χ2v) is 9.44. The molecule has 2 heterocycles. The number of hydrogen-bond donors (Lipinski definition) is 1. The van der Waals surface area contributed by atoms with Gasteiger partial charge in [-0.3, -0.25) is 9.78 Å². The normalized spacial score (nSPS) is 19.1. The Bertz CT molecular complexity index is 1310. The summed E-state index contributed by atoms with van der Waals surface area (Å²) >= 11 is 0. The zero-order valence-corrected chi connectivity index (χ0v) is 19.5. The SMILES string of the molecule is C[C@@H](NC(=O)c1ccc(-c2cn(C)cn2)cc1)[C@H]1CC[C@H](c2ccnc3ccc(F)cc32)CC1. The predicted molar refractivity (Wildman–Crippen MR) is 132 cm³/mol. The van der Waals surface area contributed by atoms with Crippen LogP contribution in [0.5, 0.6) is 0 Å². The van der Waals surface area contributed by atoms with Crippen molar-refractivity contribution < 1.29 is 9.18 Å². The molecule has 0 unspecified atom stereocenters. The van der Waals surface area contributed by atoms with Gasteiger partial charge in [0.05, 0.1) is 17.5 Å². The highest BCUT2D eigenvalue weighted by Gasteiger charge is 2.28. The highest BCUT2D eigenvalue weighted by molar-refractivity contribution is 5.94. The van der Waals surface area contributed by atoms with E-state index in [2.05, 4.69) is 22.2 Å². The van der Waals surface area contributed by atoms with Crippen LogP contribution in [-0.4, -0.2) is 26.5 Å². The van der Waals surface area contributed by atoms with Crippen LogP contribution in [0.4, 0.5) is 4.39 Å². The number of halogens is 1. The average Bonchev–Trinajstić information content (AvgIpc) is 3.30. The van der Waals surface area contributed by atoms with Crippen LogP contribution in [0.3, 0.4) is 0 Å². The van der Waals surface area contributed by atoms with E-state index in [0.717, 1.165) is 47.8 Å². The molecule has 1 amide bonds. The Hall–Kier alpha value is -3.54. The lowest BCUT2D eigenvalue weighted by Crippen LogP contribution is -2.39. The molecule has 0 radical (unpaired) electrons. The molecular weight excluding hydrogens is 427 g/mol. The predicted octanol–water partition coefficient (Wildman–Crippen LogP) is 5.87. The Labute approximate surface area is 199 Å². The van der Waals surface area contributed by atoms with Crippen molar-refractivity contribution in [2.45, 2.75) is 44.6 Å². The molecule has 34 heavy (non-hydrogen) atoms. The van der Waals surface area contributed by atoms with Crippen molar-refractivity contribution in [3.63, 3.8) is 0 Å². The molecule has 1 fully saturated rings. The molecular formula is C28H29FN4O. The van der Waals surface area contributed by atoms with Gasteiger partial charge in [-0.2, -0.15) is 0 Å². The van der Waals surface area contributed by atoms with E-state index in [9.17, 15) is 9.18 Å². The summed E-state index contributed by atoms with van der Waals surface area (Å²) in [5.74, 6) is 0.557. The third-order valence-corrected chi connectivity index (χ3v) is 7.16. The van der Waals surface area contributed by atoms with Crippen molar-refractivity contribution in [2.75, 3.05) is 0 Å². The molecule has 1 saturated carbocycles. The fraction of sp³-hybridized carbons (Fsp3) is 0.321. The summed E-state index contributed by atoms with van der Waals surface area (Å²) in [5, 5.41) is 4.12. The molecule has 0 aliphatic heterocycles. The van der Waals surface area contributed by atoms with Gasteiger partial charge in [-0.05, 0) is 86.4 Å². The minimum Gasteiger partial charge on any atom is -0.349 e. The Kier molecular flexibility index (Phi) is 6.14. The Morgan fingerprint density at radius 1 is 1.06 bits per heavy atom. The van der Waals surface area contributed by atoms with Crippen molar-refractivity contribution in [2.24, 2.45) is 13.0 Å². The van der Waals surface area contributed by atoms with Gasteiger partial charge in [0.2, 0.25) is 0 Å². The summed E-state index contributed by atoms with van der Waals surface area (Å²) in [4.78, 5) is 21.6. The molecule has 1 aliphatic rings. The molecule has 174 valence electrons. The quantitative estimate of drug-likeness (QED) is 0.409. The van der Waals surface area contributed by atoms with Crippen LogP contribution in [-0.2, 0) is 7.05 Å². The van der Waals surface area contributed by atoms with Gasteiger partial charge in [-0.15, -0.1) is 0 Å². The largest absolute Gasteiger partial charge is 0.349 e. The lowest BCUT2D eigenvalue weighted by molar-refractivity contribution is 0.0918. The van der Waals surface area contributed by atoms with E-state index in [-0.39, 0.29) is 17.8 Å². The Balaban J connectivity index is 1.20. The number of rotatable bonds is 5. The number of carbonyl (C=O) groups is 1. The van der Waals surface area contributed by atoms with Crippen LogP contribution in [0, 0.1) is 11.7 Å². The summed E-state index contributed by atoms with van der Waals surface area (Å²) < 4.78 is 15.8. The molecule has 0 spiro atoms. The summed E-state index contributed by atoms with van der Waals surface area (Å²) in [7, 11) is 1.94. The molecule has 0 saturated heterocycles. The van der Waals surface area contributed by atoms with Gasteiger partial charge in [-0.1, -0.05) is 12.1 Å². The number of carbonyl (C=O) groups excluding carboxylic acids is 1. The third-order valence-electron chi connectivity index (χ3n) is 7.16. The zero-order valence-electron chi connectivity index (χ0n) is 19.5. The molecule has 2 aromatic heterocycles.